The second kappa shape index (κ2) is 2.85. The van der Waals surface area contributed by atoms with Gasteiger partial charge in [0.25, 0.3) is 0 Å². The standard InChI is InChI=1S/C11H9N3O2/c1-6-11(16)14-9-3-2-7(15)4-8(9)12-5-10(14)13-6/h2-5,15-16H,1H3. The molecule has 3 rings (SSSR count). The van der Waals surface area contributed by atoms with Gasteiger partial charge in [-0.1, -0.05) is 0 Å². The molecule has 0 unspecified atom stereocenters. The maximum absolute atomic E-state index is 9.88. The minimum atomic E-state index is 0.105. The molecule has 0 radical (unpaired) electrons. The Morgan fingerprint density at radius 3 is 2.88 bits per heavy atom. The van der Waals surface area contributed by atoms with Crippen LogP contribution in [0.5, 0.6) is 11.6 Å². The summed E-state index contributed by atoms with van der Waals surface area (Å²) in [5.74, 6) is 0.253. The van der Waals surface area contributed by atoms with Gasteiger partial charge in [0.2, 0.25) is 5.88 Å². The first-order valence-corrected chi connectivity index (χ1v) is 4.82. The van der Waals surface area contributed by atoms with Gasteiger partial charge < -0.3 is 10.2 Å². The molecule has 2 heterocycles. The Hall–Kier alpha value is -2.30. The molecule has 2 aromatic heterocycles. The highest BCUT2D eigenvalue weighted by molar-refractivity contribution is 5.79. The molecule has 0 aliphatic rings. The van der Waals surface area contributed by atoms with E-state index in [2.05, 4.69) is 9.97 Å². The zero-order chi connectivity index (χ0) is 11.3. The lowest BCUT2D eigenvalue weighted by atomic mass is 10.3. The Bertz CT molecular complexity index is 703. The first kappa shape index (κ1) is 8.96. The topological polar surface area (TPSA) is 70.7 Å². The summed E-state index contributed by atoms with van der Waals surface area (Å²) >= 11 is 0. The molecule has 80 valence electrons. The highest BCUT2D eigenvalue weighted by Gasteiger charge is 2.10. The average molecular weight is 215 g/mol. The normalized spacial score (nSPS) is 11.3. The highest BCUT2D eigenvalue weighted by Crippen LogP contribution is 2.25. The van der Waals surface area contributed by atoms with E-state index in [9.17, 15) is 10.2 Å². The van der Waals surface area contributed by atoms with E-state index >= 15 is 0 Å². The number of hydrogen-bond acceptors (Lipinski definition) is 4. The van der Waals surface area contributed by atoms with Crippen molar-refractivity contribution in [2.45, 2.75) is 6.92 Å². The van der Waals surface area contributed by atoms with Crippen molar-refractivity contribution in [1.29, 1.82) is 0 Å². The van der Waals surface area contributed by atoms with Crippen molar-refractivity contribution >= 4 is 16.7 Å². The van der Waals surface area contributed by atoms with Gasteiger partial charge in [-0.3, -0.25) is 9.38 Å². The third kappa shape index (κ3) is 1.05. The molecule has 0 amide bonds. The molecule has 3 aromatic rings. The average Bonchev–Trinajstić information content (AvgIpc) is 2.55. The van der Waals surface area contributed by atoms with E-state index in [4.69, 9.17) is 0 Å². The number of hydrogen-bond donors (Lipinski definition) is 2. The molecule has 0 bridgehead atoms. The quantitative estimate of drug-likeness (QED) is 0.597. The van der Waals surface area contributed by atoms with E-state index in [1.807, 2.05) is 0 Å². The van der Waals surface area contributed by atoms with Crippen LogP contribution in [0.2, 0.25) is 0 Å². The second-order valence-electron chi connectivity index (χ2n) is 3.65. The summed E-state index contributed by atoms with van der Waals surface area (Å²) in [7, 11) is 0. The molecule has 0 aliphatic heterocycles. The molecule has 0 saturated heterocycles. The summed E-state index contributed by atoms with van der Waals surface area (Å²) < 4.78 is 1.61. The van der Waals surface area contributed by atoms with Crippen molar-refractivity contribution in [2.24, 2.45) is 0 Å². The number of nitrogens with zero attached hydrogens (tertiary/aromatic N) is 3. The Morgan fingerprint density at radius 1 is 1.25 bits per heavy atom. The van der Waals surface area contributed by atoms with Crippen molar-refractivity contribution in [3.05, 3.63) is 30.1 Å². The van der Waals surface area contributed by atoms with Gasteiger partial charge >= 0.3 is 0 Å². The smallest absolute Gasteiger partial charge is 0.219 e. The molecule has 1 aromatic carbocycles. The third-order valence-electron chi connectivity index (χ3n) is 2.57. The Morgan fingerprint density at radius 2 is 2.06 bits per heavy atom. The fourth-order valence-corrected chi connectivity index (χ4v) is 1.80. The van der Waals surface area contributed by atoms with Crippen molar-refractivity contribution < 1.29 is 10.2 Å². The molecule has 0 aliphatic carbocycles. The van der Waals surface area contributed by atoms with Gasteiger partial charge in [-0.2, -0.15) is 0 Å². The van der Waals surface area contributed by atoms with Crippen molar-refractivity contribution in [3.8, 4) is 11.6 Å². The van der Waals surface area contributed by atoms with E-state index in [1.54, 1.807) is 35.7 Å². The van der Waals surface area contributed by atoms with Crippen LogP contribution in [0.15, 0.2) is 24.4 Å². The fourth-order valence-electron chi connectivity index (χ4n) is 1.80. The Balaban J connectivity index is 2.57. The van der Waals surface area contributed by atoms with Crippen molar-refractivity contribution in [2.75, 3.05) is 0 Å². The fraction of sp³-hybridized carbons (Fsp3) is 0.0909. The van der Waals surface area contributed by atoms with Crippen LogP contribution >= 0.6 is 0 Å². The number of aromatic nitrogens is 3. The Labute approximate surface area is 90.6 Å². The molecule has 0 atom stereocenters. The summed E-state index contributed by atoms with van der Waals surface area (Å²) in [6.45, 7) is 1.73. The zero-order valence-electron chi connectivity index (χ0n) is 8.55. The number of imidazole rings is 1. The van der Waals surface area contributed by atoms with Crippen LogP contribution < -0.4 is 0 Å². The van der Waals surface area contributed by atoms with Gasteiger partial charge in [0.15, 0.2) is 5.65 Å². The van der Waals surface area contributed by atoms with E-state index in [0.717, 1.165) is 0 Å². The first-order valence-electron chi connectivity index (χ1n) is 4.82. The van der Waals surface area contributed by atoms with E-state index in [0.29, 0.717) is 22.4 Å². The molecular formula is C11H9N3O2. The van der Waals surface area contributed by atoms with E-state index < -0.39 is 0 Å². The predicted octanol–water partition coefficient (Wildman–Crippen LogP) is 1.60. The summed E-state index contributed by atoms with van der Waals surface area (Å²) in [6.07, 6.45) is 1.56. The van der Waals surface area contributed by atoms with Crippen LogP contribution in [0.4, 0.5) is 0 Å². The van der Waals surface area contributed by atoms with Gasteiger partial charge in [0, 0.05) is 6.07 Å². The third-order valence-corrected chi connectivity index (χ3v) is 2.57. The number of rotatable bonds is 0. The summed E-state index contributed by atoms with van der Waals surface area (Å²) in [6, 6.07) is 4.80. The van der Waals surface area contributed by atoms with Gasteiger partial charge in [-0.25, -0.2) is 4.98 Å². The van der Waals surface area contributed by atoms with Crippen LogP contribution in [0, 0.1) is 6.92 Å². The zero-order valence-corrected chi connectivity index (χ0v) is 8.55. The molecule has 5 heteroatoms. The van der Waals surface area contributed by atoms with Crippen LogP contribution in [-0.4, -0.2) is 24.6 Å². The molecule has 0 saturated carbocycles. The molecule has 0 spiro atoms. The lowest BCUT2D eigenvalue weighted by Crippen LogP contribution is -1.90. The number of phenols is 1. The van der Waals surface area contributed by atoms with Crippen LogP contribution in [0.3, 0.4) is 0 Å². The second-order valence-corrected chi connectivity index (χ2v) is 3.65. The number of phenolic OH excluding ortho intramolecular Hbond substituents is 1. The minimum Gasteiger partial charge on any atom is -0.508 e. The lowest BCUT2D eigenvalue weighted by Gasteiger charge is -2.02. The van der Waals surface area contributed by atoms with Crippen LogP contribution in [0.25, 0.3) is 16.7 Å². The van der Waals surface area contributed by atoms with Crippen molar-refractivity contribution in [3.63, 3.8) is 0 Å². The number of fused-ring (bicyclic) bond motifs is 3. The number of benzene rings is 1. The largest absolute Gasteiger partial charge is 0.508 e. The molecule has 16 heavy (non-hydrogen) atoms. The molecular weight excluding hydrogens is 206 g/mol. The Kier molecular flexibility index (Phi) is 1.60. The summed E-state index contributed by atoms with van der Waals surface area (Å²) in [5, 5.41) is 19.2. The van der Waals surface area contributed by atoms with Gasteiger partial charge in [-0.15, -0.1) is 0 Å². The SMILES string of the molecule is Cc1nc2cnc3cc(O)ccc3n2c1O. The molecule has 0 fully saturated rings. The number of aryl methyl sites for hydroxylation is 1. The number of aromatic hydroxyl groups is 2. The van der Waals surface area contributed by atoms with Gasteiger partial charge in [-0.05, 0) is 19.1 Å². The first-order chi connectivity index (χ1) is 7.66. The molecule has 5 nitrogen and oxygen atoms in total. The van der Waals surface area contributed by atoms with E-state index in [-0.39, 0.29) is 11.6 Å². The van der Waals surface area contributed by atoms with Gasteiger partial charge in [0.05, 0.1) is 17.2 Å². The van der Waals surface area contributed by atoms with E-state index in [1.165, 1.54) is 0 Å². The predicted molar refractivity (Wildman–Crippen MR) is 58.6 cm³/mol. The maximum atomic E-state index is 9.88. The summed E-state index contributed by atoms with van der Waals surface area (Å²) in [4.78, 5) is 8.34. The van der Waals surface area contributed by atoms with Crippen molar-refractivity contribution in [1.82, 2.24) is 14.4 Å². The summed E-state index contributed by atoms with van der Waals surface area (Å²) in [5.41, 5.74) is 2.48. The van der Waals surface area contributed by atoms with Gasteiger partial charge in [0.1, 0.15) is 11.4 Å². The minimum absolute atomic E-state index is 0.105. The van der Waals surface area contributed by atoms with Crippen LogP contribution in [0.1, 0.15) is 5.69 Å². The highest BCUT2D eigenvalue weighted by atomic mass is 16.3. The monoisotopic (exact) mass is 215 g/mol. The maximum Gasteiger partial charge on any atom is 0.219 e. The lowest BCUT2D eigenvalue weighted by molar-refractivity contribution is 0.446. The van der Waals surface area contributed by atoms with Crippen LogP contribution in [-0.2, 0) is 0 Å². The molecule has 2 N–H and O–H groups in total.